The monoisotopic (exact) mass is 240 g/mol. The number of urea groups is 1. The molecule has 0 radical (unpaired) electrons. The molecule has 1 fully saturated rings. The van der Waals surface area contributed by atoms with Crippen molar-refractivity contribution < 1.29 is 4.79 Å². The first-order chi connectivity index (χ1) is 7.79. The number of hydrogen-bond donors (Lipinski definition) is 1. The number of nitrogens with one attached hydrogen (secondary N) is 1. The smallest absolute Gasteiger partial charge is 0.323 e. The van der Waals surface area contributed by atoms with Gasteiger partial charge in [-0.15, -0.1) is 10.2 Å². The lowest BCUT2D eigenvalue weighted by molar-refractivity contribution is 0.176. The molecule has 5 nitrogen and oxygen atoms in total. The van der Waals surface area contributed by atoms with Gasteiger partial charge in [-0.1, -0.05) is 24.7 Å². The van der Waals surface area contributed by atoms with Gasteiger partial charge in [0.15, 0.2) is 0 Å². The van der Waals surface area contributed by atoms with E-state index in [9.17, 15) is 4.79 Å². The van der Waals surface area contributed by atoms with Gasteiger partial charge in [-0.25, -0.2) is 4.79 Å². The van der Waals surface area contributed by atoms with Gasteiger partial charge in [-0.2, -0.15) is 0 Å². The summed E-state index contributed by atoms with van der Waals surface area (Å²) in [5.74, 6) is 0.647. The molecule has 1 aromatic rings. The van der Waals surface area contributed by atoms with E-state index in [2.05, 4.69) is 22.4 Å². The second-order valence-corrected chi connectivity index (χ2v) is 4.87. The Bertz CT molecular complexity index is 341. The minimum absolute atomic E-state index is 0.0464. The number of piperidine rings is 1. The van der Waals surface area contributed by atoms with Gasteiger partial charge in [0.2, 0.25) is 5.13 Å². The molecular formula is C10H16N4OS. The topological polar surface area (TPSA) is 58.1 Å². The van der Waals surface area contributed by atoms with E-state index in [1.807, 2.05) is 4.90 Å². The van der Waals surface area contributed by atoms with Gasteiger partial charge in [-0.05, 0) is 18.8 Å². The Balaban J connectivity index is 1.89. The maximum atomic E-state index is 11.9. The standard InChI is InChI=1S/C10H16N4OS/c1-2-8-4-3-5-14(6-8)10(15)12-9-13-11-7-16-9/h7-8H,2-6H2,1H3,(H,12,13,15)/t8-/m1/s1. The molecule has 1 atom stereocenters. The van der Waals surface area contributed by atoms with Crippen LogP contribution >= 0.6 is 11.3 Å². The fraction of sp³-hybridized carbons (Fsp3) is 0.700. The van der Waals surface area contributed by atoms with Gasteiger partial charge in [0, 0.05) is 13.1 Å². The number of likely N-dealkylation sites (tertiary alicyclic amines) is 1. The molecule has 0 unspecified atom stereocenters. The van der Waals surface area contributed by atoms with Crippen molar-refractivity contribution in [2.24, 2.45) is 5.92 Å². The lowest BCUT2D eigenvalue weighted by Gasteiger charge is -2.31. The van der Waals surface area contributed by atoms with Crippen molar-refractivity contribution in [1.29, 1.82) is 0 Å². The first-order valence-corrected chi connectivity index (χ1v) is 6.49. The third kappa shape index (κ3) is 2.69. The summed E-state index contributed by atoms with van der Waals surface area (Å²) in [4.78, 5) is 13.8. The molecular weight excluding hydrogens is 224 g/mol. The zero-order valence-electron chi connectivity index (χ0n) is 9.35. The second-order valence-electron chi connectivity index (χ2n) is 4.04. The van der Waals surface area contributed by atoms with Crippen LogP contribution in [0, 0.1) is 5.92 Å². The van der Waals surface area contributed by atoms with E-state index in [1.165, 1.54) is 17.8 Å². The summed E-state index contributed by atoms with van der Waals surface area (Å²) in [6.07, 6.45) is 3.48. The van der Waals surface area contributed by atoms with Crippen molar-refractivity contribution in [3.05, 3.63) is 5.51 Å². The molecule has 2 heterocycles. The predicted molar refractivity (Wildman–Crippen MR) is 63.5 cm³/mol. The number of hydrogen-bond acceptors (Lipinski definition) is 4. The van der Waals surface area contributed by atoms with E-state index in [-0.39, 0.29) is 6.03 Å². The number of nitrogens with zero attached hydrogens (tertiary/aromatic N) is 3. The summed E-state index contributed by atoms with van der Waals surface area (Å²) in [6.45, 7) is 3.89. The van der Waals surface area contributed by atoms with E-state index in [1.54, 1.807) is 5.51 Å². The van der Waals surface area contributed by atoms with Gasteiger partial charge < -0.3 is 4.90 Å². The predicted octanol–water partition coefficient (Wildman–Crippen LogP) is 2.19. The van der Waals surface area contributed by atoms with Crippen LogP contribution in [0.2, 0.25) is 0 Å². The van der Waals surface area contributed by atoms with Crippen LogP contribution in [-0.4, -0.2) is 34.2 Å². The summed E-state index contributed by atoms with van der Waals surface area (Å²) < 4.78 is 0. The molecule has 0 bridgehead atoms. The van der Waals surface area contributed by atoms with Gasteiger partial charge in [0.1, 0.15) is 5.51 Å². The number of carbonyl (C=O) groups is 1. The highest BCUT2D eigenvalue weighted by Crippen LogP contribution is 2.20. The molecule has 0 aromatic carbocycles. The average molecular weight is 240 g/mol. The molecule has 2 amide bonds. The molecule has 2 rings (SSSR count). The fourth-order valence-electron chi connectivity index (χ4n) is 1.98. The zero-order chi connectivity index (χ0) is 11.4. The van der Waals surface area contributed by atoms with Crippen molar-refractivity contribution in [3.8, 4) is 0 Å². The molecule has 88 valence electrons. The normalized spacial score (nSPS) is 20.8. The van der Waals surface area contributed by atoms with Crippen LogP contribution in [0.15, 0.2) is 5.51 Å². The fourth-order valence-corrected chi connectivity index (χ4v) is 2.42. The van der Waals surface area contributed by atoms with Crippen molar-refractivity contribution in [1.82, 2.24) is 15.1 Å². The van der Waals surface area contributed by atoms with Gasteiger partial charge in [0.05, 0.1) is 0 Å². The maximum Gasteiger partial charge on any atom is 0.323 e. The van der Waals surface area contributed by atoms with Crippen LogP contribution < -0.4 is 5.32 Å². The van der Waals surface area contributed by atoms with Crippen LogP contribution in [-0.2, 0) is 0 Å². The van der Waals surface area contributed by atoms with Crippen molar-refractivity contribution >= 4 is 22.5 Å². The molecule has 1 aromatic heterocycles. The maximum absolute atomic E-state index is 11.9. The molecule has 6 heteroatoms. The first-order valence-electron chi connectivity index (χ1n) is 5.61. The van der Waals surface area contributed by atoms with E-state index < -0.39 is 0 Å². The van der Waals surface area contributed by atoms with Gasteiger partial charge in [-0.3, -0.25) is 5.32 Å². The molecule has 1 aliphatic rings. The minimum atomic E-state index is -0.0464. The van der Waals surface area contributed by atoms with E-state index in [4.69, 9.17) is 0 Å². The molecule has 0 saturated carbocycles. The summed E-state index contributed by atoms with van der Waals surface area (Å²) in [7, 11) is 0. The van der Waals surface area contributed by atoms with E-state index in [0.29, 0.717) is 11.0 Å². The Labute approximate surface area is 98.9 Å². The third-order valence-corrected chi connectivity index (χ3v) is 3.56. The van der Waals surface area contributed by atoms with E-state index in [0.717, 1.165) is 25.9 Å². The highest BCUT2D eigenvalue weighted by Gasteiger charge is 2.22. The molecule has 1 saturated heterocycles. The lowest BCUT2D eigenvalue weighted by atomic mass is 9.96. The molecule has 1 aliphatic heterocycles. The molecule has 0 spiro atoms. The molecule has 0 aliphatic carbocycles. The zero-order valence-corrected chi connectivity index (χ0v) is 10.2. The Morgan fingerprint density at radius 2 is 2.62 bits per heavy atom. The summed E-state index contributed by atoms with van der Waals surface area (Å²) in [6, 6.07) is -0.0464. The third-order valence-electron chi connectivity index (χ3n) is 2.96. The molecule has 1 N–H and O–H groups in total. The Morgan fingerprint density at radius 3 is 3.31 bits per heavy atom. The van der Waals surface area contributed by atoms with Crippen molar-refractivity contribution in [2.75, 3.05) is 18.4 Å². The Morgan fingerprint density at radius 1 is 1.75 bits per heavy atom. The van der Waals surface area contributed by atoms with Crippen LogP contribution in [0.25, 0.3) is 0 Å². The second kappa shape index (κ2) is 5.25. The number of rotatable bonds is 2. The quantitative estimate of drug-likeness (QED) is 0.862. The minimum Gasteiger partial charge on any atom is -0.324 e. The van der Waals surface area contributed by atoms with Crippen molar-refractivity contribution in [3.63, 3.8) is 0 Å². The highest BCUT2D eigenvalue weighted by atomic mass is 32.1. The largest absolute Gasteiger partial charge is 0.324 e. The Hall–Kier alpha value is -1.17. The molecule has 16 heavy (non-hydrogen) atoms. The lowest BCUT2D eigenvalue weighted by Crippen LogP contribution is -2.42. The van der Waals surface area contributed by atoms with Gasteiger partial charge in [0.25, 0.3) is 0 Å². The van der Waals surface area contributed by atoms with Crippen LogP contribution in [0.3, 0.4) is 0 Å². The highest BCUT2D eigenvalue weighted by molar-refractivity contribution is 7.13. The van der Waals surface area contributed by atoms with Crippen LogP contribution in [0.5, 0.6) is 0 Å². The number of carbonyl (C=O) groups excluding carboxylic acids is 1. The van der Waals surface area contributed by atoms with Crippen molar-refractivity contribution in [2.45, 2.75) is 26.2 Å². The summed E-state index contributed by atoms with van der Waals surface area (Å²) in [5, 5.41) is 10.8. The van der Waals surface area contributed by atoms with E-state index >= 15 is 0 Å². The van der Waals surface area contributed by atoms with Crippen LogP contribution in [0.4, 0.5) is 9.93 Å². The van der Waals surface area contributed by atoms with Crippen LogP contribution in [0.1, 0.15) is 26.2 Å². The van der Waals surface area contributed by atoms with Gasteiger partial charge >= 0.3 is 6.03 Å². The summed E-state index contributed by atoms with van der Waals surface area (Å²) >= 11 is 1.34. The number of aromatic nitrogens is 2. The first kappa shape index (κ1) is 11.3. The average Bonchev–Trinajstić information content (AvgIpc) is 2.82. The number of amides is 2. The number of anilines is 1. The Kier molecular flexibility index (Phi) is 3.71. The SMILES string of the molecule is CC[C@@H]1CCCN(C(=O)Nc2nncs2)C1. The summed E-state index contributed by atoms with van der Waals surface area (Å²) in [5.41, 5.74) is 1.61.